The first kappa shape index (κ1) is 16.0. The van der Waals surface area contributed by atoms with E-state index in [4.69, 9.17) is 4.74 Å². The van der Waals surface area contributed by atoms with Gasteiger partial charge in [-0.25, -0.2) is 0 Å². The van der Waals surface area contributed by atoms with Crippen LogP contribution >= 0.6 is 0 Å². The first-order valence-corrected chi connectivity index (χ1v) is 8.21. The lowest BCUT2D eigenvalue weighted by Gasteiger charge is -2.22. The Kier molecular flexibility index (Phi) is 9.59. The summed E-state index contributed by atoms with van der Waals surface area (Å²) in [6.07, 6.45) is 13.7. The molecule has 1 aliphatic carbocycles. The highest BCUT2D eigenvalue weighted by Crippen LogP contribution is 2.20. The molecular weight excluding hydrogens is 222 g/mol. The van der Waals surface area contributed by atoms with Crippen LogP contribution in [0.2, 0.25) is 0 Å². The molecule has 2 heteroatoms. The molecule has 0 heterocycles. The second-order valence-electron chi connectivity index (χ2n) is 5.69. The third-order valence-corrected chi connectivity index (χ3v) is 4.06. The van der Waals surface area contributed by atoms with Crippen molar-refractivity contribution in [3.63, 3.8) is 0 Å². The zero-order valence-electron chi connectivity index (χ0n) is 12.5. The molecule has 1 saturated carbocycles. The van der Waals surface area contributed by atoms with E-state index in [1.54, 1.807) is 0 Å². The summed E-state index contributed by atoms with van der Waals surface area (Å²) in [5, 5.41) is 3.66. The summed E-state index contributed by atoms with van der Waals surface area (Å²) in [6.45, 7) is 6.62. The molecule has 0 spiro atoms. The average molecular weight is 255 g/mol. The van der Waals surface area contributed by atoms with E-state index in [0.29, 0.717) is 6.10 Å². The summed E-state index contributed by atoms with van der Waals surface area (Å²) in [5.74, 6) is 0. The molecule has 1 aliphatic rings. The van der Waals surface area contributed by atoms with Gasteiger partial charge in [0.15, 0.2) is 0 Å². The van der Waals surface area contributed by atoms with Crippen molar-refractivity contribution < 1.29 is 4.74 Å². The zero-order chi connectivity index (χ0) is 13.1. The van der Waals surface area contributed by atoms with Crippen LogP contribution in [0.3, 0.4) is 0 Å². The van der Waals surface area contributed by atoms with Gasteiger partial charge in [0, 0.05) is 12.6 Å². The van der Waals surface area contributed by atoms with Gasteiger partial charge in [-0.3, -0.25) is 0 Å². The molecule has 0 aromatic heterocycles. The minimum absolute atomic E-state index is 0.570. The molecule has 1 N–H and O–H groups in total. The molecule has 1 unspecified atom stereocenters. The smallest absolute Gasteiger partial charge is 0.0575 e. The van der Waals surface area contributed by atoms with Gasteiger partial charge >= 0.3 is 0 Å². The normalized spacial score (nSPS) is 19.0. The molecule has 0 bridgehead atoms. The molecule has 1 rings (SSSR count). The van der Waals surface area contributed by atoms with E-state index < -0.39 is 0 Å². The van der Waals surface area contributed by atoms with Crippen LogP contribution in [-0.4, -0.2) is 25.3 Å². The Hall–Kier alpha value is -0.0800. The Bertz CT molecular complexity index is 178. The Labute approximate surface area is 114 Å². The van der Waals surface area contributed by atoms with E-state index in [0.717, 1.165) is 19.2 Å². The number of ether oxygens (including phenoxy) is 1. The minimum atomic E-state index is 0.570. The highest BCUT2D eigenvalue weighted by atomic mass is 16.5. The van der Waals surface area contributed by atoms with Crippen LogP contribution in [0.25, 0.3) is 0 Å². The molecule has 1 fully saturated rings. The quantitative estimate of drug-likeness (QED) is 0.588. The maximum atomic E-state index is 5.94. The summed E-state index contributed by atoms with van der Waals surface area (Å²) in [4.78, 5) is 0. The first-order valence-electron chi connectivity index (χ1n) is 8.21. The predicted octanol–water partition coefficient (Wildman–Crippen LogP) is 4.28. The van der Waals surface area contributed by atoms with Crippen LogP contribution in [-0.2, 0) is 4.74 Å². The molecule has 1 atom stereocenters. The maximum absolute atomic E-state index is 5.94. The molecule has 2 nitrogen and oxygen atoms in total. The van der Waals surface area contributed by atoms with Crippen molar-refractivity contribution in [2.75, 3.05) is 13.2 Å². The Morgan fingerprint density at radius 1 is 1.11 bits per heavy atom. The second-order valence-corrected chi connectivity index (χ2v) is 5.69. The first-order chi connectivity index (χ1) is 8.86. The van der Waals surface area contributed by atoms with Crippen LogP contribution in [0.15, 0.2) is 0 Å². The van der Waals surface area contributed by atoms with Gasteiger partial charge in [0.25, 0.3) is 0 Å². The van der Waals surface area contributed by atoms with Gasteiger partial charge in [-0.1, -0.05) is 46.0 Å². The van der Waals surface area contributed by atoms with Crippen LogP contribution in [0.4, 0.5) is 0 Å². The van der Waals surface area contributed by atoms with Crippen molar-refractivity contribution >= 4 is 0 Å². The SMILES string of the molecule is CCCCC(CC)NCCCOC1CCCCC1. The fraction of sp³-hybridized carbons (Fsp3) is 1.00. The molecular formula is C16H33NO. The number of nitrogens with one attached hydrogen (secondary N) is 1. The van der Waals surface area contributed by atoms with Crippen LogP contribution in [0, 0.1) is 0 Å². The predicted molar refractivity (Wildman–Crippen MR) is 79.0 cm³/mol. The highest BCUT2D eigenvalue weighted by Gasteiger charge is 2.13. The van der Waals surface area contributed by atoms with Crippen LogP contribution in [0.5, 0.6) is 0 Å². The van der Waals surface area contributed by atoms with Gasteiger partial charge in [0.05, 0.1) is 6.10 Å². The average Bonchev–Trinajstić information content (AvgIpc) is 2.43. The number of hydrogen-bond donors (Lipinski definition) is 1. The van der Waals surface area contributed by atoms with E-state index in [1.807, 2.05) is 0 Å². The van der Waals surface area contributed by atoms with Gasteiger partial charge < -0.3 is 10.1 Å². The van der Waals surface area contributed by atoms with Crippen molar-refractivity contribution in [3.05, 3.63) is 0 Å². The summed E-state index contributed by atoms with van der Waals surface area (Å²) in [7, 11) is 0. The van der Waals surface area contributed by atoms with Crippen molar-refractivity contribution in [3.8, 4) is 0 Å². The Morgan fingerprint density at radius 3 is 2.56 bits per heavy atom. The van der Waals surface area contributed by atoms with E-state index >= 15 is 0 Å². The van der Waals surface area contributed by atoms with E-state index in [1.165, 1.54) is 64.2 Å². The van der Waals surface area contributed by atoms with E-state index in [-0.39, 0.29) is 0 Å². The van der Waals surface area contributed by atoms with Crippen LogP contribution in [0.1, 0.15) is 78.1 Å². The van der Waals surface area contributed by atoms with Gasteiger partial charge in [0.1, 0.15) is 0 Å². The third kappa shape index (κ3) is 7.38. The largest absolute Gasteiger partial charge is 0.378 e. The molecule has 0 aliphatic heterocycles. The Morgan fingerprint density at radius 2 is 1.89 bits per heavy atom. The van der Waals surface area contributed by atoms with E-state index in [9.17, 15) is 0 Å². The summed E-state index contributed by atoms with van der Waals surface area (Å²) >= 11 is 0. The van der Waals surface area contributed by atoms with Crippen molar-refractivity contribution in [2.24, 2.45) is 0 Å². The Balaban J connectivity index is 1.93. The number of rotatable bonds is 10. The number of hydrogen-bond acceptors (Lipinski definition) is 2. The standard InChI is InChI=1S/C16H33NO/c1-3-5-10-15(4-2)17-13-9-14-18-16-11-7-6-8-12-16/h15-17H,3-14H2,1-2H3. The lowest BCUT2D eigenvalue weighted by atomic mass is 9.98. The molecule has 0 saturated heterocycles. The van der Waals surface area contributed by atoms with Crippen molar-refractivity contribution in [1.82, 2.24) is 5.32 Å². The van der Waals surface area contributed by atoms with Crippen LogP contribution < -0.4 is 5.32 Å². The van der Waals surface area contributed by atoms with Gasteiger partial charge in [-0.2, -0.15) is 0 Å². The fourth-order valence-corrected chi connectivity index (χ4v) is 2.76. The molecule has 0 radical (unpaired) electrons. The molecule has 0 aromatic rings. The lowest BCUT2D eigenvalue weighted by Crippen LogP contribution is -2.30. The topological polar surface area (TPSA) is 21.3 Å². The highest BCUT2D eigenvalue weighted by molar-refractivity contribution is 4.66. The minimum Gasteiger partial charge on any atom is -0.378 e. The van der Waals surface area contributed by atoms with E-state index in [2.05, 4.69) is 19.2 Å². The molecule has 18 heavy (non-hydrogen) atoms. The zero-order valence-corrected chi connectivity index (χ0v) is 12.5. The summed E-state index contributed by atoms with van der Waals surface area (Å²) in [6, 6.07) is 0.722. The second kappa shape index (κ2) is 10.8. The maximum Gasteiger partial charge on any atom is 0.0575 e. The third-order valence-electron chi connectivity index (χ3n) is 4.06. The summed E-state index contributed by atoms with van der Waals surface area (Å²) in [5.41, 5.74) is 0. The summed E-state index contributed by atoms with van der Waals surface area (Å²) < 4.78 is 5.94. The van der Waals surface area contributed by atoms with Crippen molar-refractivity contribution in [2.45, 2.75) is 90.2 Å². The van der Waals surface area contributed by atoms with Gasteiger partial charge in [-0.15, -0.1) is 0 Å². The van der Waals surface area contributed by atoms with Gasteiger partial charge in [0.2, 0.25) is 0 Å². The van der Waals surface area contributed by atoms with Gasteiger partial charge in [-0.05, 0) is 38.6 Å². The van der Waals surface area contributed by atoms with Crippen molar-refractivity contribution in [1.29, 1.82) is 0 Å². The monoisotopic (exact) mass is 255 g/mol. The fourth-order valence-electron chi connectivity index (χ4n) is 2.76. The number of unbranched alkanes of at least 4 members (excludes halogenated alkanes) is 1. The molecule has 0 aromatic carbocycles. The molecule has 108 valence electrons. The lowest BCUT2D eigenvalue weighted by molar-refractivity contribution is 0.0270. The molecule has 0 amide bonds.